The highest BCUT2D eigenvalue weighted by molar-refractivity contribution is 5.88. The lowest BCUT2D eigenvalue weighted by molar-refractivity contribution is -0.137. The molecular formula is C21H21F3N4O. The van der Waals surface area contributed by atoms with Crippen LogP contribution in [0.4, 0.5) is 23.8 Å². The molecule has 152 valence electrons. The number of carbonyl (C=O) groups excluding carboxylic acids is 1. The van der Waals surface area contributed by atoms with Gasteiger partial charge in [-0.3, -0.25) is 10.3 Å². The van der Waals surface area contributed by atoms with Gasteiger partial charge in [0, 0.05) is 20.4 Å². The van der Waals surface area contributed by atoms with E-state index in [0.717, 1.165) is 24.2 Å². The van der Waals surface area contributed by atoms with Crippen LogP contribution in [0, 0.1) is 0 Å². The van der Waals surface area contributed by atoms with Crippen LogP contribution >= 0.6 is 0 Å². The largest absolute Gasteiger partial charge is 0.416 e. The van der Waals surface area contributed by atoms with Gasteiger partial charge in [0.2, 0.25) is 0 Å². The maximum atomic E-state index is 12.1. The quantitative estimate of drug-likeness (QED) is 0.622. The predicted octanol–water partition coefficient (Wildman–Crippen LogP) is 5.02. The van der Waals surface area contributed by atoms with Crippen molar-refractivity contribution >= 4 is 11.8 Å². The Labute approximate surface area is 167 Å². The molecule has 0 radical (unpaired) electrons. The minimum atomic E-state index is -4.21. The maximum absolute atomic E-state index is 12.1. The van der Waals surface area contributed by atoms with Gasteiger partial charge in [-0.05, 0) is 30.2 Å². The Kier molecular flexibility index (Phi) is 6.43. The number of amides is 2. The van der Waals surface area contributed by atoms with Gasteiger partial charge in [0.05, 0.1) is 17.8 Å². The standard InChI is InChI=1S/C14H14N4O.C7H5F3.H2/c19-14(17-13-5-1-2-7-16-13)18-9-6-11-4-3-8-15-12(11)10-18;8-7(9,10)6-4-2-1-3-5-6;/h1-5,7-8H,6,9-10H2,(H,16,17,19);1-5H;1H. The fourth-order valence-corrected chi connectivity index (χ4v) is 2.78. The van der Waals surface area contributed by atoms with Crippen molar-refractivity contribution < 1.29 is 19.4 Å². The summed E-state index contributed by atoms with van der Waals surface area (Å²) in [6.07, 6.45) is 0.0573. The van der Waals surface area contributed by atoms with Gasteiger partial charge in [-0.2, -0.15) is 13.2 Å². The minimum absolute atomic E-state index is 0. The average Bonchev–Trinajstić information content (AvgIpc) is 2.74. The molecule has 1 aromatic carbocycles. The summed E-state index contributed by atoms with van der Waals surface area (Å²) < 4.78 is 35.4. The third-order valence-electron chi connectivity index (χ3n) is 4.26. The molecule has 0 bridgehead atoms. The Morgan fingerprint density at radius 2 is 1.69 bits per heavy atom. The van der Waals surface area contributed by atoms with Gasteiger partial charge in [-0.15, -0.1) is 0 Å². The number of nitrogens with one attached hydrogen (secondary N) is 1. The zero-order chi connectivity index (χ0) is 20.7. The number of aromatic nitrogens is 2. The molecule has 0 aliphatic carbocycles. The number of alkyl halides is 3. The van der Waals surface area contributed by atoms with Gasteiger partial charge in [-0.1, -0.05) is 42.5 Å². The highest BCUT2D eigenvalue weighted by Crippen LogP contribution is 2.28. The average molecular weight is 402 g/mol. The van der Waals surface area contributed by atoms with Crippen LogP contribution in [0.2, 0.25) is 0 Å². The Hall–Kier alpha value is -3.42. The number of rotatable bonds is 1. The molecule has 29 heavy (non-hydrogen) atoms. The van der Waals surface area contributed by atoms with E-state index in [-0.39, 0.29) is 7.46 Å². The normalized spacial score (nSPS) is 13.0. The van der Waals surface area contributed by atoms with E-state index in [4.69, 9.17) is 0 Å². The Balaban J connectivity index is 0.000000249. The molecule has 2 aromatic heterocycles. The summed E-state index contributed by atoms with van der Waals surface area (Å²) in [5.74, 6) is 0.569. The number of fused-ring (bicyclic) bond motifs is 1. The smallest absolute Gasteiger partial charge is 0.318 e. The lowest BCUT2D eigenvalue weighted by Crippen LogP contribution is -2.39. The summed E-state index contributed by atoms with van der Waals surface area (Å²) in [6.45, 7) is 1.26. The van der Waals surface area contributed by atoms with Gasteiger partial charge in [-0.25, -0.2) is 9.78 Å². The highest BCUT2D eigenvalue weighted by atomic mass is 19.4. The van der Waals surface area contributed by atoms with Crippen LogP contribution in [-0.2, 0) is 19.1 Å². The SMILES string of the molecule is FC(F)(F)c1ccccc1.O=C(Nc1ccccn1)N1CCc2cccnc2C1.[HH]. The van der Waals surface area contributed by atoms with E-state index in [1.54, 1.807) is 29.4 Å². The van der Waals surface area contributed by atoms with E-state index in [0.29, 0.717) is 18.9 Å². The molecule has 4 rings (SSSR count). The number of urea groups is 1. The zero-order valence-corrected chi connectivity index (χ0v) is 15.4. The van der Waals surface area contributed by atoms with Crippen LogP contribution in [0.1, 0.15) is 18.2 Å². The van der Waals surface area contributed by atoms with E-state index in [1.807, 2.05) is 18.2 Å². The van der Waals surface area contributed by atoms with E-state index in [1.165, 1.54) is 17.7 Å². The fourth-order valence-electron chi connectivity index (χ4n) is 2.78. The Morgan fingerprint density at radius 1 is 0.966 bits per heavy atom. The molecule has 0 unspecified atom stereocenters. The predicted molar refractivity (Wildman–Crippen MR) is 105 cm³/mol. The second kappa shape index (κ2) is 9.18. The van der Waals surface area contributed by atoms with Crippen molar-refractivity contribution in [2.24, 2.45) is 0 Å². The second-order valence-corrected chi connectivity index (χ2v) is 6.29. The summed E-state index contributed by atoms with van der Waals surface area (Å²) in [5.41, 5.74) is 1.60. The van der Waals surface area contributed by atoms with Crippen molar-refractivity contribution in [2.45, 2.75) is 19.1 Å². The van der Waals surface area contributed by atoms with Crippen LogP contribution < -0.4 is 5.32 Å². The fraction of sp³-hybridized carbons (Fsp3) is 0.190. The molecule has 1 N–H and O–H groups in total. The van der Waals surface area contributed by atoms with Crippen LogP contribution in [0.25, 0.3) is 0 Å². The van der Waals surface area contributed by atoms with E-state index >= 15 is 0 Å². The first kappa shape index (κ1) is 20.3. The first-order chi connectivity index (χ1) is 13.9. The van der Waals surface area contributed by atoms with E-state index in [9.17, 15) is 18.0 Å². The van der Waals surface area contributed by atoms with Crippen molar-refractivity contribution in [2.75, 3.05) is 11.9 Å². The summed E-state index contributed by atoms with van der Waals surface area (Å²) in [4.78, 5) is 22.3. The topological polar surface area (TPSA) is 58.1 Å². The lowest BCUT2D eigenvalue weighted by Gasteiger charge is -2.27. The molecule has 5 nitrogen and oxygen atoms in total. The van der Waals surface area contributed by atoms with Crippen molar-refractivity contribution in [3.63, 3.8) is 0 Å². The first-order valence-electron chi connectivity index (χ1n) is 8.95. The molecule has 1 aliphatic rings. The summed E-state index contributed by atoms with van der Waals surface area (Å²) in [7, 11) is 0. The number of carbonyl (C=O) groups is 1. The van der Waals surface area contributed by atoms with Gasteiger partial charge < -0.3 is 4.90 Å². The minimum Gasteiger partial charge on any atom is -0.318 e. The summed E-state index contributed by atoms with van der Waals surface area (Å²) in [5, 5.41) is 2.79. The van der Waals surface area contributed by atoms with Gasteiger partial charge in [0.25, 0.3) is 0 Å². The molecule has 3 aromatic rings. The third-order valence-corrected chi connectivity index (χ3v) is 4.26. The molecule has 3 heterocycles. The van der Waals surface area contributed by atoms with Crippen LogP contribution in [0.5, 0.6) is 0 Å². The number of hydrogen-bond donors (Lipinski definition) is 1. The number of nitrogens with zero attached hydrogens (tertiary/aromatic N) is 3. The zero-order valence-electron chi connectivity index (χ0n) is 15.4. The van der Waals surface area contributed by atoms with Crippen LogP contribution in [0.3, 0.4) is 0 Å². The molecule has 1 aliphatic heterocycles. The van der Waals surface area contributed by atoms with E-state index in [2.05, 4.69) is 21.4 Å². The molecular weight excluding hydrogens is 381 g/mol. The van der Waals surface area contributed by atoms with Crippen molar-refractivity contribution in [1.82, 2.24) is 14.9 Å². The summed E-state index contributed by atoms with van der Waals surface area (Å²) in [6, 6.07) is 15.7. The number of anilines is 1. The molecule has 0 fully saturated rings. The van der Waals surface area contributed by atoms with Gasteiger partial charge >= 0.3 is 12.2 Å². The van der Waals surface area contributed by atoms with Crippen molar-refractivity contribution in [3.8, 4) is 0 Å². The van der Waals surface area contributed by atoms with Gasteiger partial charge in [0.15, 0.2) is 0 Å². The molecule has 0 spiro atoms. The molecule has 0 saturated heterocycles. The summed E-state index contributed by atoms with van der Waals surface area (Å²) >= 11 is 0. The lowest BCUT2D eigenvalue weighted by atomic mass is 10.1. The monoisotopic (exact) mass is 402 g/mol. The molecule has 0 atom stereocenters. The van der Waals surface area contributed by atoms with E-state index < -0.39 is 11.7 Å². The molecule has 2 amide bonds. The number of hydrogen-bond acceptors (Lipinski definition) is 3. The highest BCUT2D eigenvalue weighted by Gasteiger charge is 2.29. The Morgan fingerprint density at radius 3 is 2.34 bits per heavy atom. The molecule has 8 heteroatoms. The molecule has 0 saturated carbocycles. The third kappa shape index (κ3) is 5.78. The number of benzene rings is 1. The second-order valence-electron chi connectivity index (χ2n) is 6.29. The van der Waals surface area contributed by atoms with Crippen LogP contribution in [0.15, 0.2) is 73.1 Å². The van der Waals surface area contributed by atoms with Crippen LogP contribution in [-0.4, -0.2) is 27.4 Å². The number of halogens is 3. The Bertz CT molecular complexity index is 940. The maximum Gasteiger partial charge on any atom is 0.416 e. The first-order valence-corrected chi connectivity index (χ1v) is 8.95. The van der Waals surface area contributed by atoms with Crippen molar-refractivity contribution in [3.05, 3.63) is 89.9 Å². The number of pyridine rings is 2. The van der Waals surface area contributed by atoms with Gasteiger partial charge in [0.1, 0.15) is 5.82 Å². The van der Waals surface area contributed by atoms with Crippen molar-refractivity contribution in [1.29, 1.82) is 0 Å².